The van der Waals surface area contributed by atoms with Gasteiger partial charge < -0.3 is 10.6 Å². The molecule has 2 amide bonds. The van der Waals surface area contributed by atoms with E-state index >= 15 is 0 Å². The van der Waals surface area contributed by atoms with Crippen molar-refractivity contribution < 1.29 is 9.59 Å². The third kappa shape index (κ3) is 5.78. The van der Waals surface area contributed by atoms with Gasteiger partial charge in [-0.2, -0.15) is 0 Å². The minimum absolute atomic E-state index is 0.0260. The molecule has 0 radical (unpaired) electrons. The van der Waals surface area contributed by atoms with E-state index in [1.807, 2.05) is 90.1 Å². The number of hydrogen-bond acceptors (Lipinski definition) is 4. The molecule has 1 heterocycles. The van der Waals surface area contributed by atoms with E-state index in [9.17, 15) is 9.59 Å². The van der Waals surface area contributed by atoms with Crippen LogP contribution in [-0.4, -0.2) is 21.8 Å². The highest BCUT2D eigenvalue weighted by atomic mass is 16.2. The smallest absolute Gasteiger partial charge is 0.229 e. The highest BCUT2D eigenvalue weighted by Gasteiger charge is 2.22. The van der Waals surface area contributed by atoms with Gasteiger partial charge in [-0.25, -0.2) is 9.97 Å². The Labute approximate surface area is 189 Å². The molecule has 0 saturated heterocycles. The van der Waals surface area contributed by atoms with Crippen LogP contribution < -0.4 is 10.6 Å². The van der Waals surface area contributed by atoms with Crippen LogP contribution >= 0.6 is 0 Å². The molecule has 0 aliphatic carbocycles. The van der Waals surface area contributed by atoms with Gasteiger partial charge in [0.25, 0.3) is 0 Å². The quantitative estimate of drug-likeness (QED) is 0.549. The van der Waals surface area contributed by atoms with E-state index in [4.69, 9.17) is 0 Å². The summed E-state index contributed by atoms with van der Waals surface area (Å²) in [6.45, 7) is 11.3. The van der Waals surface area contributed by atoms with Crippen LogP contribution in [0.15, 0.2) is 60.9 Å². The first-order valence-corrected chi connectivity index (χ1v) is 10.6. The second kappa shape index (κ2) is 8.91. The van der Waals surface area contributed by atoms with E-state index in [1.54, 1.807) is 12.4 Å². The van der Waals surface area contributed by atoms with Crippen LogP contribution in [0, 0.1) is 10.8 Å². The number of hydrogen-bond donors (Lipinski definition) is 2. The Hall–Kier alpha value is -3.54. The SMILES string of the molecule is CC(C)(C)C(=O)Nc1ccc(-c2cnc(-c3ccc(NC(=O)C(C)(C)C)cc3)nc2)cc1. The van der Waals surface area contributed by atoms with Crippen molar-refractivity contribution >= 4 is 23.2 Å². The number of carbonyl (C=O) groups is 2. The largest absolute Gasteiger partial charge is 0.326 e. The fraction of sp³-hybridized carbons (Fsp3) is 0.308. The summed E-state index contributed by atoms with van der Waals surface area (Å²) in [6, 6.07) is 15.1. The van der Waals surface area contributed by atoms with Gasteiger partial charge in [0, 0.05) is 45.7 Å². The molecule has 0 aliphatic heterocycles. The Kier molecular flexibility index (Phi) is 6.44. The number of anilines is 2. The molecule has 166 valence electrons. The van der Waals surface area contributed by atoms with Crippen molar-refractivity contribution in [2.45, 2.75) is 41.5 Å². The molecular formula is C26H30N4O2. The molecule has 2 aromatic carbocycles. The Morgan fingerprint density at radius 3 is 1.34 bits per heavy atom. The van der Waals surface area contributed by atoms with Gasteiger partial charge in [-0.15, -0.1) is 0 Å². The molecule has 0 saturated carbocycles. The molecule has 0 bridgehead atoms. The van der Waals surface area contributed by atoms with Gasteiger partial charge in [0.15, 0.2) is 5.82 Å². The van der Waals surface area contributed by atoms with Crippen molar-refractivity contribution in [3.05, 3.63) is 60.9 Å². The lowest BCUT2D eigenvalue weighted by Crippen LogP contribution is -2.27. The van der Waals surface area contributed by atoms with Crippen molar-refractivity contribution in [3.8, 4) is 22.5 Å². The molecule has 6 nitrogen and oxygen atoms in total. The Bertz CT molecular complexity index is 999. The fourth-order valence-electron chi connectivity index (χ4n) is 2.71. The van der Waals surface area contributed by atoms with E-state index in [1.165, 1.54) is 0 Å². The van der Waals surface area contributed by atoms with Crippen molar-refractivity contribution in [2.24, 2.45) is 10.8 Å². The fourth-order valence-corrected chi connectivity index (χ4v) is 2.71. The van der Waals surface area contributed by atoms with Crippen molar-refractivity contribution in [3.63, 3.8) is 0 Å². The highest BCUT2D eigenvalue weighted by Crippen LogP contribution is 2.25. The zero-order chi connectivity index (χ0) is 23.5. The number of nitrogens with one attached hydrogen (secondary N) is 2. The molecule has 32 heavy (non-hydrogen) atoms. The average Bonchev–Trinajstić information content (AvgIpc) is 2.74. The van der Waals surface area contributed by atoms with E-state index < -0.39 is 10.8 Å². The van der Waals surface area contributed by atoms with Gasteiger partial charge >= 0.3 is 0 Å². The van der Waals surface area contributed by atoms with Crippen LogP contribution in [0.25, 0.3) is 22.5 Å². The van der Waals surface area contributed by atoms with Gasteiger partial charge in [0.05, 0.1) is 0 Å². The van der Waals surface area contributed by atoms with Crippen LogP contribution in [-0.2, 0) is 9.59 Å². The van der Waals surface area contributed by atoms with Crippen LogP contribution in [0.2, 0.25) is 0 Å². The maximum absolute atomic E-state index is 12.1. The number of benzene rings is 2. The summed E-state index contributed by atoms with van der Waals surface area (Å²) < 4.78 is 0. The van der Waals surface area contributed by atoms with Gasteiger partial charge in [0.2, 0.25) is 11.8 Å². The monoisotopic (exact) mass is 430 g/mol. The van der Waals surface area contributed by atoms with E-state index in [0.29, 0.717) is 5.82 Å². The topological polar surface area (TPSA) is 84.0 Å². The maximum Gasteiger partial charge on any atom is 0.229 e. The minimum atomic E-state index is -0.450. The van der Waals surface area contributed by atoms with Crippen LogP contribution in [0.1, 0.15) is 41.5 Å². The molecule has 0 unspecified atom stereocenters. The first-order valence-electron chi connectivity index (χ1n) is 10.6. The molecule has 0 spiro atoms. The standard InChI is InChI=1S/C26H30N4O2/c1-25(2,3)23(31)29-20-11-7-17(8-12-20)19-15-27-22(28-16-19)18-9-13-21(14-10-18)30-24(32)26(4,5)6/h7-16H,1-6H3,(H,29,31)(H,30,32). The number of nitrogens with zero attached hydrogens (tertiary/aromatic N) is 2. The number of aromatic nitrogens is 2. The highest BCUT2D eigenvalue weighted by molar-refractivity contribution is 5.95. The maximum atomic E-state index is 12.1. The first kappa shape index (κ1) is 23.1. The van der Waals surface area contributed by atoms with E-state index in [2.05, 4.69) is 20.6 Å². The average molecular weight is 431 g/mol. The third-order valence-corrected chi connectivity index (χ3v) is 4.89. The van der Waals surface area contributed by atoms with Crippen molar-refractivity contribution in [1.82, 2.24) is 9.97 Å². The van der Waals surface area contributed by atoms with Gasteiger partial charge in [0.1, 0.15) is 0 Å². The summed E-state index contributed by atoms with van der Waals surface area (Å²) in [6.07, 6.45) is 3.56. The second-order valence-electron chi connectivity index (χ2n) is 9.86. The molecule has 0 atom stereocenters. The molecule has 6 heteroatoms. The number of amides is 2. The second-order valence-corrected chi connectivity index (χ2v) is 9.86. The molecule has 3 aromatic rings. The minimum Gasteiger partial charge on any atom is -0.326 e. The lowest BCUT2D eigenvalue weighted by atomic mass is 9.95. The van der Waals surface area contributed by atoms with Crippen molar-refractivity contribution in [1.29, 1.82) is 0 Å². The van der Waals surface area contributed by atoms with E-state index in [-0.39, 0.29) is 11.8 Å². The van der Waals surface area contributed by atoms with Crippen molar-refractivity contribution in [2.75, 3.05) is 10.6 Å². The first-order chi connectivity index (χ1) is 14.9. The summed E-state index contributed by atoms with van der Waals surface area (Å²) in [4.78, 5) is 33.2. The van der Waals surface area contributed by atoms with Crippen LogP contribution in [0.3, 0.4) is 0 Å². The molecular weight excluding hydrogens is 400 g/mol. The third-order valence-electron chi connectivity index (χ3n) is 4.89. The van der Waals surface area contributed by atoms with Gasteiger partial charge in [-0.1, -0.05) is 53.7 Å². The molecule has 1 aromatic heterocycles. The zero-order valence-corrected chi connectivity index (χ0v) is 19.5. The van der Waals surface area contributed by atoms with Crippen LogP contribution in [0.4, 0.5) is 11.4 Å². The number of carbonyl (C=O) groups excluding carboxylic acids is 2. The molecule has 3 rings (SSSR count). The predicted octanol–water partition coefficient (Wildman–Crippen LogP) is 5.78. The summed E-state index contributed by atoms with van der Waals surface area (Å²) in [5, 5.41) is 5.83. The summed E-state index contributed by atoms with van der Waals surface area (Å²) in [7, 11) is 0. The molecule has 2 N–H and O–H groups in total. The Balaban J connectivity index is 1.68. The lowest BCUT2D eigenvalue weighted by molar-refractivity contribution is -0.123. The van der Waals surface area contributed by atoms with Gasteiger partial charge in [-0.05, 0) is 42.0 Å². The molecule has 0 fully saturated rings. The van der Waals surface area contributed by atoms with Gasteiger partial charge in [-0.3, -0.25) is 9.59 Å². The van der Waals surface area contributed by atoms with Crippen LogP contribution in [0.5, 0.6) is 0 Å². The molecule has 0 aliphatic rings. The Morgan fingerprint density at radius 1 is 0.594 bits per heavy atom. The summed E-state index contributed by atoms with van der Waals surface area (Å²) in [5.74, 6) is 0.549. The zero-order valence-electron chi connectivity index (χ0n) is 19.5. The summed E-state index contributed by atoms with van der Waals surface area (Å²) >= 11 is 0. The summed E-state index contributed by atoms with van der Waals surface area (Å²) in [5.41, 5.74) is 3.31. The normalized spacial score (nSPS) is 11.7. The number of rotatable bonds is 4. The predicted molar refractivity (Wildman–Crippen MR) is 129 cm³/mol. The Morgan fingerprint density at radius 2 is 0.969 bits per heavy atom. The lowest BCUT2D eigenvalue weighted by Gasteiger charge is -2.17. The van der Waals surface area contributed by atoms with E-state index in [0.717, 1.165) is 28.1 Å².